The lowest BCUT2D eigenvalue weighted by molar-refractivity contribution is 0.703. The highest BCUT2D eigenvalue weighted by molar-refractivity contribution is 5.81. The molecule has 0 saturated carbocycles. The van der Waals surface area contributed by atoms with Crippen LogP contribution in [-0.2, 0) is 13.1 Å². The summed E-state index contributed by atoms with van der Waals surface area (Å²) in [5.41, 5.74) is 9.21. The van der Waals surface area contributed by atoms with Gasteiger partial charge in [0.25, 0.3) is 0 Å². The van der Waals surface area contributed by atoms with Gasteiger partial charge in [-0.3, -0.25) is 4.79 Å². The summed E-state index contributed by atoms with van der Waals surface area (Å²) in [5, 5.41) is 0. The van der Waals surface area contributed by atoms with E-state index in [0.717, 1.165) is 29.6 Å². The van der Waals surface area contributed by atoms with Gasteiger partial charge in [-0.1, -0.05) is 13.0 Å². The van der Waals surface area contributed by atoms with E-state index in [1.165, 1.54) is 6.07 Å². The third-order valence-corrected chi connectivity index (χ3v) is 3.56. The molecule has 2 aromatic heterocycles. The lowest BCUT2D eigenvalue weighted by Gasteiger charge is -2.07. The number of aromatic nitrogens is 3. The van der Waals surface area contributed by atoms with Crippen molar-refractivity contribution < 1.29 is 0 Å². The number of nitrogens with zero attached hydrogens (tertiary/aromatic N) is 2. The van der Waals surface area contributed by atoms with Crippen molar-refractivity contribution in [3.05, 3.63) is 52.4 Å². The molecule has 0 radical (unpaired) electrons. The van der Waals surface area contributed by atoms with Crippen molar-refractivity contribution in [3.63, 3.8) is 0 Å². The van der Waals surface area contributed by atoms with E-state index in [9.17, 15) is 4.79 Å². The second kappa shape index (κ2) is 5.54. The standard InChI is InChI=1S/C16H18N4O/c1-2-7-20-14-4-3-11(9-17)8-13(14)19-16(20)12-10-18-6-5-15(12)21/h3-6,8,10H,2,7,9,17H2,1H3,(H,18,21). The zero-order chi connectivity index (χ0) is 14.8. The lowest BCUT2D eigenvalue weighted by atomic mass is 10.2. The number of hydrogen-bond donors (Lipinski definition) is 2. The minimum Gasteiger partial charge on any atom is -0.367 e. The van der Waals surface area contributed by atoms with Crippen LogP contribution in [0.5, 0.6) is 0 Å². The number of aromatic amines is 1. The van der Waals surface area contributed by atoms with Crippen LogP contribution in [0.15, 0.2) is 41.5 Å². The van der Waals surface area contributed by atoms with Crippen LogP contribution in [0.1, 0.15) is 18.9 Å². The van der Waals surface area contributed by atoms with Crippen molar-refractivity contribution in [3.8, 4) is 11.4 Å². The van der Waals surface area contributed by atoms with Crippen LogP contribution in [0.25, 0.3) is 22.4 Å². The van der Waals surface area contributed by atoms with E-state index in [0.29, 0.717) is 17.9 Å². The fourth-order valence-electron chi connectivity index (χ4n) is 2.55. The number of nitrogens with two attached hydrogens (primary N) is 1. The molecule has 0 atom stereocenters. The first-order chi connectivity index (χ1) is 10.2. The summed E-state index contributed by atoms with van der Waals surface area (Å²) >= 11 is 0. The Hall–Kier alpha value is -2.40. The van der Waals surface area contributed by atoms with Gasteiger partial charge in [0.1, 0.15) is 5.82 Å². The van der Waals surface area contributed by atoms with Gasteiger partial charge < -0.3 is 15.3 Å². The van der Waals surface area contributed by atoms with E-state index in [1.807, 2.05) is 18.2 Å². The largest absolute Gasteiger partial charge is 0.367 e. The number of benzene rings is 1. The Labute approximate surface area is 122 Å². The van der Waals surface area contributed by atoms with Crippen molar-refractivity contribution in [2.75, 3.05) is 0 Å². The smallest absolute Gasteiger partial charge is 0.192 e. The van der Waals surface area contributed by atoms with Crippen LogP contribution >= 0.6 is 0 Å². The van der Waals surface area contributed by atoms with Gasteiger partial charge in [-0.25, -0.2) is 4.98 Å². The van der Waals surface area contributed by atoms with Gasteiger partial charge in [-0.2, -0.15) is 0 Å². The molecule has 2 heterocycles. The molecule has 3 aromatic rings. The van der Waals surface area contributed by atoms with Crippen molar-refractivity contribution in [2.24, 2.45) is 5.73 Å². The van der Waals surface area contributed by atoms with Crippen molar-refractivity contribution in [1.82, 2.24) is 14.5 Å². The number of imidazole rings is 1. The number of nitrogens with one attached hydrogen (secondary N) is 1. The molecule has 0 amide bonds. The first-order valence-electron chi connectivity index (χ1n) is 7.11. The van der Waals surface area contributed by atoms with E-state index in [-0.39, 0.29) is 5.43 Å². The van der Waals surface area contributed by atoms with E-state index in [4.69, 9.17) is 5.73 Å². The lowest BCUT2D eigenvalue weighted by Crippen LogP contribution is -2.08. The summed E-state index contributed by atoms with van der Waals surface area (Å²) in [6.45, 7) is 3.42. The number of fused-ring (bicyclic) bond motifs is 1. The normalized spacial score (nSPS) is 11.1. The Morgan fingerprint density at radius 1 is 1.33 bits per heavy atom. The minimum atomic E-state index is -0.0274. The highest BCUT2D eigenvalue weighted by Crippen LogP contribution is 2.23. The van der Waals surface area contributed by atoms with Crippen molar-refractivity contribution in [1.29, 1.82) is 0 Å². The van der Waals surface area contributed by atoms with Gasteiger partial charge in [-0.15, -0.1) is 0 Å². The Balaban J connectivity index is 2.28. The maximum Gasteiger partial charge on any atom is 0.192 e. The molecule has 5 nitrogen and oxygen atoms in total. The van der Waals surface area contributed by atoms with Gasteiger partial charge in [-0.05, 0) is 24.1 Å². The van der Waals surface area contributed by atoms with Crippen molar-refractivity contribution >= 4 is 11.0 Å². The summed E-state index contributed by atoms with van der Waals surface area (Å²) in [5.74, 6) is 0.711. The molecule has 0 spiro atoms. The Bertz CT molecular complexity index is 832. The van der Waals surface area contributed by atoms with E-state index in [2.05, 4.69) is 21.5 Å². The number of hydrogen-bond acceptors (Lipinski definition) is 3. The third kappa shape index (κ3) is 2.36. The summed E-state index contributed by atoms with van der Waals surface area (Å²) in [6, 6.07) is 7.55. The number of aryl methyl sites for hydroxylation is 1. The first-order valence-corrected chi connectivity index (χ1v) is 7.11. The Morgan fingerprint density at radius 2 is 2.19 bits per heavy atom. The molecule has 3 N–H and O–H groups in total. The second-order valence-corrected chi connectivity index (χ2v) is 5.04. The molecule has 3 rings (SSSR count). The topological polar surface area (TPSA) is 76.7 Å². The summed E-state index contributed by atoms with van der Waals surface area (Å²) in [4.78, 5) is 19.7. The van der Waals surface area contributed by atoms with E-state index in [1.54, 1.807) is 12.4 Å². The zero-order valence-corrected chi connectivity index (χ0v) is 12.0. The van der Waals surface area contributed by atoms with Gasteiger partial charge in [0.2, 0.25) is 0 Å². The van der Waals surface area contributed by atoms with Crippen molar-refractivity contribution in [2.45, 2.75) is 26.4 Å². The molecule has 0 aliphatic carbocycles. The van der Waals surface area contributed by atoms with Gasteiger partial charge in [0, 0.05) is 31.5 Å². The van der Waals surface area contributed by atoms with Crippen LogP contribution < -0.4 is 11.2 Å². The van der Waals surface area contributed by atoms with Crippen LogP contribution in [0.4, 0.5) is 0 Å². The Morgan fingerprint density at radius 3 is 2.90 bits per heavy atom. The highest BCUT2D eigenvalue weighted by Gasteiger charge is 2.14. The molecule has 1 aromatic carbocycles. The number of H-pyrrole nitrogens is 1. The van der Waals surface area contributed by atoms with Gasteiger partial charge >= 0.3 is 0 Å². The summed E-state index contributed by atoms with van der Waals surface area (Å²) in [7, 11) is 0. The second-order valence-electron chi connectivity index (χ2n) is 5.04. The molecule has 0 aliphatic heterocycles. The third-order valence-electron chi connectivity index (χ3n) is 3.56. The zero-order valence-electron chi connectivity index (χ0n) is 12.0. The predicted molar refractivity (Wildman–Crippen MR) is 84.0 cm³/mol. The first kappa shape index (κ1) is 13.6. The quantitative estimate of drug-likeness (QED) is 0.770. The molecule has 108 valence electrons. The molecule has 0 aliphatic rings. The maximum atomic E-state index is 12.1. The van der Waals surface area contributed by atoms with Gasteiger partial charge in [0.05, 0.1) is 16.6 Å². The molecular weight excluding hydrogens is 264 g/mol. The monoisotopic (exact) mass is 282 g/mol. The predicted octanol–water partition coefficient (Wildman–Crippen LogP) is 2.26. The van der Waals surface area contributed by atoms with Crippen LogP contribution in [0.2, 0.25) is 0 Å². The SMILES string of the molecule is CCCn1c(-c2c[nH]ccc2=O)nc2cc(CN)ccc21. The molecule has 0 fully saturated rings. The average molecular weight is 282 g/mol. The van der Waals surface area contributed by atoms with E-state index < -0.39 is 0 Å². The molecule has 5 heteroatoms. The van der Waals surface area contributed by atoms with Crippen LogP contribution in [0, 0.1) is 0 Å². The summed E-state index contributed by atoms with van der Waals surface area (Å²) in [6.07, 6.45) is 4.31. The van der Waals surface area contributed by atoms with Crippen LogP contribution in [-0.4, -0.2) is 14.5 Å². The highest BCUT2D eigenvalue weighted by atomic mass is 16.1. The number of rotatable bonds is 4. The molecule has 0 unspecified atom stereocenters. The van der Waals surface area contributed by atoms with Gasteiger partial charge in [0.15, 0.2) is 5.43 Å². The average Bonchev–Trinajstić information content (AvgIpc) is 2.86. The molecular formula is C16H18N4O. The number of pyridine rings is 1. The van der Waals surface area contributed by atoms with E-state index >= 15 is 0 Å². The molecule has 0 saturated heterocycles. The molecule has 0 bridgehead atoms. The molecule has 21 heavy (non-hydrogen) atoms. The Kier molecular flexibility index (Phi) is 3.58. The fraction of sp³-hybridized carbons (Fsp3) is 0.250. The summed E-state index contributed by atoms with van der Waals surface area (Å²) < 4.78 is 2.10. The maximum absolute atomic E-state index is 12.1. The van der Waals surface area contributed by atoms with Crippen LogP contribution in [0.3, 0.4) is 0 Å². The fourth-order valence-corrected chi connectivity index (χ4v) is 2.55. The minimum absolute atomic E-state index is 0.0274.